The number of ether oxygens (including phenoxy) is 2. The SMILES string of the molecule is COc1cc(/C=N\n2c(=S)[nH]nc(C)c2=O)ccc1OC(C)=O. The van der Waals surface area contributed by atoms with Gasteiger partial charge in [-0.3, -0.25) is 14.7 Å². The maximum Gasteiger partial charge on any atom is 0.308 e. The lowest BCUT2D eigenvalue weighted by molar-refractivity contribution is -0.132. The first kappa shape index (κ1) is 16.6. The second kappa shape index (κ2) is 6.97. The van der Waals surface area contributed by atoms with Gasteiger partial charge in [0.25, 0.3) is 5.56 Å². The Hall–Kier alpha value is -2.81. The van der Waals surface area contributed by atoms with E-state index in [9.17, 15) is 9.59 Å². The van der Waals surface area contributed by atoms with Crippen LogP contribution in [0.4, 0.5) is 0 Å². The monoisotopic (exact) mass is 334 g/mol. The highest BCUT2D eigenvalue weighted by Gasteiger charge is 2.07. The molecular formula is C14H14N4O4S. The smallest absolute Gasteiger partial charge is 0.308 e. The fourth-order valence-electron chi connectivity index (χ4n) is 1.71. The Morgan fingerprint density at radius 3 is 2.83 bits per heavy atom. The maximum atomic E-state index is 11.9. The van der Waals surface area contributed by atoms with E-state index in [0.717, 1.165) is 4.68 Å². The summed E-state index contributed by atoms with van der Waals surface area (Å²) >= 11 is 4.98. The van der Waals surface area contributed by atoms with Gasteiger partial charge in [-0.2, -0.15) is 14.9 Å². The van der Waals surface area contributed by atoms with E-state index >= 15 is 0 Å². The number of methoxy groups -OCH3 is 1. The minimum absolute atomic E-state index is 0.0837. The van der Waals surface area contributed by atoms with Crippen molar-refractivity contribution in [2.75, 3.05) is 7.11 Å². The molecule has 0 amide bonds. The fraction of sp³-hybridized carbons (Fsp3) is 0.214. The molecule has 0 atom stereocenters. The van der Waals surface area contributed by atoms with Crippen LogP contribution in [0.2, 0.25) is 0 Å². The van der Waals surface area contributed by atoms with Gasteiger partial charge in [0.2, 0.25) is 4.77 Å². The Labute approximate surface area is 136 Å². The topological polar surface area (TPSA) is 98.6 Å². The number of H-pyrrole nitrogens is 1. The molecule has 0 fully saturated rings. The molecule has 0 saturated heterocycles. The number of carbonyl (C=O) groups is 1. The number of aryl methyl sites for hydroxylation is 1. The van der Waals surface area contributed by atoms with E-state index in [1.54, 1.807) is 25.1 Å². The van der Waals surface area contributed by atoms with E-state index in [1.165, 1.54) is 20.2 Å². The summed E-state index contributed by atoms with van der Waals surface area (Å²) in [5.74, 6) is 0.216. The summed E-state index contributed by atoms with van der Waals surface area (Å²) < 4.78 is 11.3. The van der Waals surface area contributed by atoms with Crippen LogP contribution in [-0.2, 0) is 4.79 Å². The van der Waals surface area contributed by atoms with E-state index in [0.29, 0.717) is 17.1 Å². The van der Waals surface area contributed by atoms with E-state index in [4.69, 9.17) is 21.7 Å². The van der Waals surface area contributed by atoms with Gasteiger partial charge in [-0.1, -0.05) is 0 Å². The van der Waals surface area contributed by atoms with Crippen LogP contribution < -0.4 is 15.0 Å². The summed E-state index contributed by atoms with van der Waals surface area (Å²) in [5.41, 5.74) is 0.473. The zero-order chi connectivity index (χ0) is 17.0. The van der Waals surface area contributed by atoms with E-state index in [2.05, 4.69) is 15.3 Å². The first-order chi connectivity index (χ1) is 10.9. The molecule has 8 nitrogen and oxygen atoms in total. The first-order valence-corrected chi connectivity index (χ1v) is 6.92. The van der Waals surface area contributed by atoms with Crippen molar-refractivity contribution < 1.29 is 14.3 Å². The number of hydrogen-bond donors (Lipinski definition) is 1. The molecule has 0 saturated carbocycles. The van der Waals surface area contributed by atoms with Gasteiger partial charge in [-0.05, 0) is 42.9 Å². The van der Waals surface area contributed by atoms with E-state index in [1.807, 2.05) is 0 Å². The third-order valence-corrected chi connectivity index (χ3v) is 3.04. The molecule has 0 aliphatic rings. The third-order valence-electron chi connectivity index (χ3n) is 2.78. The van der Waals surface area contributed by atoms with Crippen molar-refractivity contribution in [2.45, 2.75) is 13.8 Å². The van der Waals surface area contributed by atoms with E-state index < -0.39 is 11.5 Å². The number of aromatic nitrogens is 3. The highest BCUT2D eigenvalue weighted by Crippen LogP contribution is 2.27. The van der Waals surface area contributed by atoms with Crippen LogP contribution in [0.3, 0.4) is 0 Å². The molecule has 2 rings (SSSR count). The molecule has 0 bridgehead atoms. The number of rotatable bonds is 4. The van der Waals surface area contributed by atoms with Crippen molar-refractivity contribution >= 4 is 24.4 Å². The van der Waals surface area contributed by atoms with Crippen molar-refractivity contribution in [2.24, 2.45) is 5.10 Å². The summed E-state index contributed by atoms with van der Waals surface area (Å²) in [7, 11) is 1.45. The molecule has 0 radical (unpaired) electrons. The molecule has 0 spiro atoms. The lowest BCUT2D eigenvalue weighted by atomic mass is 10.2. The van der Waals surface area contributed by atoms with Gasteiger partial charge in [0, 0.05) is 6.92 Å². The fourth-order valence-corrected chi connectivity index (χ4v) is 1.88. The van der Waals surface area contributed by atoms with E-state index in [-0.39, 0.29) is 10.5 Å². The Balaban J connectivity index is 2.38. The average Bonchev–Trinajstić information content (AvgIpc) is 2.51. The molecule has 1 aromatic carbocycles. The number of hydrogen-bond acceptors (Lipinski definition) is 7. The molecule has 0 unspecified atom stereocenters. The molecule has 9 heteroatoms. The van der Waals surface area contributed by atoms with Crippen molar-refractivity contribution in [3.63, 3.8) is 0 Å². The standard InChI is InChI=1S/C14H14N4O4S/c1-8-13(20)18(14(23)17-16-8)15-7-10-4-5-11(22-9(2)19)12(6-10)21-3/h4-7H,1-3H3,(H,17,23)/b15-7-. The first-order valence-electron chi connectivity index (χ1n) is 6.51. The van der Waals surface area contributed by atoms with Crippen LogP contribution in [-0.4, -0.2) is 34.2 Å². The summed E-state index contributed by atoms with van der Waals surface area (Å²) in [5, 5.41) is 10.3. The Morgan fingerprint density at radius 2 is 2.17 bits per heavy atom. The normalized spacial score (nSPS) is 10.7. The number of esters is 1. The Morgan fingerprint density at radius 1 is 1.43 bits per heavy atom. The molecule has 1 aromatic heterocycles. The quantitative estimate of drug-likeness (QED) is 0.393. The molecule has 1 heterocycles. The third kappa shape index (κ3) is 3.89. The summed E-state index contributed by atoms with van der Waals surface area (Å²) in [4.78, 5) is 22.9. The van der Waals surface area contributed by atoms with Crippen LogP contribution in [0.1, 0.15) is 18.2 Å². The highest BCUT2D eigenvalue weighted by atomic mass is 32.1. The van der Waals surface area contributed by atoms with Crippen molar-refractivity contribution in [3.8, 4) is 11.5 Å². The Bertz CT molecular complexity index is 885. The molecule has 23 heavy (non-hydrogen) atoms. The van der Waals surface area contributed by atoms with Crippen LogP contribution in [0, 0.1) is 11.7 Å². The molecule has 0 aliphatic carbocycles. The predicted octanol–water partition coefficient (Wildman–Crippen LogP) is 1.43. The van der Waals surface area contributed by atoms with Gasteiger partial charge in [0.15, 0.2) is 11.5 Å². The molecule has 2 aromatic rings. The minimum atomic E-state index is -0.449. The molecule has 1 N–H and O–H groups in total. The van der Waals surface area contributed by atoms with Gasteiger partial charge in [0.1, 0.15) is 5.69 Å². The minimum Gasteiger partial charge on any atom is -0.493 e. The van der Waals surface area contributed by atoms with Gasteiger partial charge < -0.3 is 9.47 Å². The van der Waals surface area contributed by atoms with Gasteiger partial charge in [-0.25, -0.2) is 0 Å². The van der Waals surface area contributed by atoms with Crippen molar-refractivity contribution in [1.29, 1.82) is 0 Å². The summed E-state index contributed by atoms with van der Waals surface area (Å²) in [6, 6.07) is 4.85. The highest BCUT2D eigenvalue weighted by molar-refractivity contribution is 7.71. The molecule has 120 valence electrons. The number of carbonyl (C=O) groups excluding carboxylic acids is 1. The Kier molecular flexibility index (Phi) is 5.02. The molecular weight excluding hydrogens is 320 g/mol. The van der Waals surface area contributed by atoms with Crippen LogP contribution in [0.25, 0.3) is 0 Å². The van der Waals surface area contributed by atoms with Crippen LogP contribution >= 0.6 is 12.2 Å². The number of nitrogens with zero attached hydrogens (tertiary/aromatic N) is 3. The number of aromatic amines is 1. The van der Waals surface area contributed by atoms with Crippen LogP contribution in [0.15, 0.2) is 28.1 Å². The van der Waals surface area contributed by atoms with Crippen molar-refractivity contribution in [3.05, 3.63) is 44.6 Å². The second-order valence-electron chi connectivity index (χ2n) is 4.48. The zero-order valence-electron chi connectivity index (χ0n) is 12.7. The lowest BCUT2D eigenvalue weighted by Crippen LogP contribution is -2.22. The lowest BCUT2D eigenvalue weighted by Gasteiger charge is -2.08. The molecule has 0 aliphatic heterocycles. The van der Waals surface area contributed by atoms with Gasteiger partial charge >= 0.3 is 5.97 Å². The number of nitrogens with one attached hydrogen (secondary N) is 1. The van der Waals surface area contributed by atoms with Gasteiger partial charge in [-0.15, -0.1) is 0 Å². The van der Waals surface area contributed by atoms with Gasteiger partial charge in [0.05, 0.1) is 13.3 Å². The zero-order valence-corrected chi connectivity index (χ0v) is 13.5. The maximum absolute atomic E-state index is 11.9. The largest absolute Gasteiger partial charge is 0.493 e. The van der Waals surface area contributed by atoms with Crippen molar-refractivity contribution in [1.82, 2.24) is 14.9 Å². The second-order valence-corrected chi connectivity index (χ2v) is 4.87. The summed E-state index contributed by atoms with van der Waals surface area (Å²) in [6.45, 7) is 2.85. The predicted molar refractivity (Wildman–Crippen MR) is 85.7 cm³/mol. The number of benzene rings is 1. The van der Waals surface area contributed by atoms with Crippen LogP contribution in [0.5, 0.6) is 11.5 Å². The summed E-state index contributed by atoms with van der Waals surface area (Å²) in [6.07, 6.45) is 1.44. The average molecular weight is 334 g/mol.